The van der Waals surface area contributed by atoms with Crippen LogP contribution in [-0.4, -0.2) is 41.0 Å². The van der Waals surface area contributed by atoms with Gasteiger partial charge in [0.15, 0.2) is 5.58 Å². The lowest BCUT2D eigenvalue weighted by Gasteiger charge is -2.25. The van der Waals surface area contributed by atoms with Gasteiger partial charge in [0, 0.05) is 12.2 Å². The minimum absolute atomic E-state index is 0.0347. The van der Waals surface area contributed by atoms with E-state index in [0.717, 1.165) is 47.9 Å². The number of nitrogens with zero attached hydrogens (tertiary/aromatic N) is 2. The molecule has 164 valence electrons. The number of oxazole rings is 1. The molecule has 3 heterocycles. The topological polar surface area (TPSA) is 102 Å². The minimum Gasteiger partial charge on any atom is -0.465 e. The molecule has 8 nitrogen and oxygen atoms in total. The van der Waals surface area contributed by atoms with Crippen molar-refractivity contribution in [2.45, 2.75) is 30.6 Å². The van der Waals surface area contributed by atoms with Gasteiger partial charge in [0.25, 0.3) is 5.24 Å². The van der Waals surface area contributed by atoms with Crippen LogP contribution < -0.4 is 10.2 Å². The Kier molecular flexibility index (Phi) is 5.34. The number of para-hydroxylation sites is 2. The van der Waals surface area contributed by atoms with Crippen LogP contribution in [0.4, 0.5) is 10.5 Å². The van der Waals surface area contributed by atoms with Crippen molar-refractivity contribution >= 4 is 45.7 Å². The van der Waals surface area contributed by atoms with E-state index >= 15 is 0 Å². The van der Waals surface area contributed by atoms with E-state index in [1.165, 1.54) is 7.11 Å². The van der Waals surface area contributed by atoms with Crippen molar-refractivity contribution in [3.05, 3.63) is 59.5 Å². The van der Waals surface area contributed by atoms with Crippen LogP contribution in [0.15, 0.2) is 46.9 Å². The van der Waals surface area contributed by atoms with Gasteiger partial charge in [-0.25, -0.2) is 9.78 Å². The van der Waals surface area contributed by atoms with Crippen LogP contribution in [0.25, 0.3) is 11.1 Å². The largest absolute Gasteiger partial charge is 0.465 e. The summed E-state index contributed by atoms with van der Waals surface area (Å²) in [6, 6.07) is 13.2. The molecule has 32 heavy (non-hydrogen) atoms. The van der Waals surface area contributed by atoms with E-state index in [4.69, 9.17) is 9.15 Å². The number of nitrogens with one attached hydrogen (secondary N) is 1. The summed E-state index contributed by atoms with van der Waals surface area (Å²) < 4.78 is 11.0. The van der Waals surface area contributed by atoms with Crippen molar-refractivity contribution in [2.75, 3.05) is 18.6 Å². The molecule has 1 N–H and O–H groups in total. The number of anilines is 1. The first-order valence-electron chi connectivity index (χ1n) is 10.4. The lowest BCUT2D eigenvalue weighted by molar-refractivity contribution is -0.118. The molecule has 0 aliphatic carbocycles. The molecule has 2 aliphatic heterocycles. The van der Waals surface area contributed by atoms with Gasteiger partial charge in [-0.05, 0) is 49.1 Å². The number of methoxy groups -OCH3 is 1. The summed E-state index contributed by atoms with van der Waals surface area (Å²) >= 11 is 0.943. The summed E-state index contributed by atoms with van der Waals surface area (Å²) in [4.78, 5) is 42.9. The van der Waals surface area contributed by atoms with Crippen molar-refractivity contribution in [1.29, 1.82) is 0 Å². The molecule has 5 rings (SSSR count). The van der Waals surface area contributed by atoms with E-state index in [1.807, 2.05) is 36.4 Å². The molecule has 2 amide bonds. The monoisotopic (exact) mass is 451 g/mol. The highest BCUT2D eigenvalue weighted by molar-refractivity contribution is 8.15. The Bertz CT molecular complexity index is 1190. The number of ether oxygens (including phenoxy) is 1. The first-order chi connectivity index (χ1) is 15.5. The molecule has 2 aliphatic rings. The van der Waals surface area contributed by atoms with Crippen molar-refractivity contribution in [3.63, 3.8) is 0 Å². The molecule has 0 bridgehead atoms. The van der Waals surface area contributed by atoms with Gasteiger partial charge in [-0.15, -0.1) is 0 Å². The number of hydrogen-bond donors (Lipinski definition) is 1. The Morgan fingerprint density at radius 3 is 2.88 bits per heavy atom. The van der Waals surface area contributed by atoms with E-state index in [9.17, 15) is 14.4 Å². The lowest BCUT2D eigenvalue weighted by atomic mass is 10.0. The fourth-order valence-electron chi connectivity index (χ4n) is 4.31. The fourth-order valence-corrected chi connectivity index (χ4v) is 5.16. The minimum atomic E-state index is -0.559. The molecule has 0 radical (unpaired) electrons. The predicted octanol–water partition coefficient (Wildman–Crippen LogP) is 3.85. The highest BCUT2D eigenvalue weighted by Gasteiger charge is 2.34. The lowest BCUT2D eigenvalue weighted by Crippen LogP contribution is -2.26. The second kappa shape index (κ2) is 8.31. The molecule has 9 heteroatoms. The highest BCUT2D eigenvalue weighted by Crippen LogP contribution is 2.38. The summed E-state index contributed by atoms with van der Waals surface area (Å²) in [5, 5.41) is 1.36. The van der Waals surface area contributed by atoms with Crippen LogP contribution in [0.1, 0.15) is 40.7 Å². The van der Waals surface area contributed by atoms with Crippen LogP contribution in [-0.2, 0) is 16.0 Å². The van der Waals surface area contributed by atoms with Gasteiger partial charge in [-0.3, -0.25) is 14.9 Å². The summed E-state index contributed by atoms with van der Waals surface area (Å²) in [5.74, 6) is -0.158. The maximum atomic E-state index is 12.5. The van der Waals surface area contributed by atoms with Crippen LogP contribution in [0.3, 0.4) is 0 Å². The van der Waals surface area contributed by atoms with Gasteiger partial charge in [-0.1, -0.05) is 30.0 Å². The highest BCUT2D eigenvalue weighted by atomic mass is 32.2. The summed E-state index contributed by atoms with van der Waals surface area (Å²) in [5.41, 5.74) is 3.49. The molecule has 0 saturated carbocycles. The van der Waals surface area contributed by atoms with Crippen LogP contribution >= 0.6 is 11.8 Å². The number of carbonyl (C=O) groups is 3. The van der Waals surface area contributed by atoms with Gasteiger partial charge in [-0.2, -0.15) is 0 Å². The maximum Gasteiger partial charge on any atom is 0.338 e. The number of fused-ring (bicyclic) bond motifs is 1. The second-order valence-corrected chi connectivity index (χ2v) is 8.97. The Balaban J connectivity index is 1.46. The summed E-state index contributed by atoms with van der Waals surface area (Å²) in [6.45, 7) is 0.804. The Morgan fingerprint density at radius 2 is 2.12 bits per heavy atom. The summed E-state index contributed by atoms with van der Waals surface area (Å²) in [6.07, 6.45) is 2.13. The summed E-state index contributed by atoms with van der Waals surface area (Å²) in [7, 11) is 1.33. The number of esters is 1. The molecule has 1 aromatic heterocycles. The van der Waals surface area contributed by atoms with Crippen molar-refractivity contribution < 1.29 is 23.5 Å². The predicted molar refractivity (Wildman–Crippen MR) is 120 cm³/mol. The number of benzene rings is 2. The van der Waals surface area contributed by atoms with E-state index < -0.39 is 11.2 Å². The van der Waals surface area contributed by atoms with E-state index in [-0.39, 0.29) is 23.6 Å². The average molecular weight is 452 g/mol. The molecular formula is C23H21N3O5S. The molecule has 2 atom stereocenters. The number of rotatable bonds is 5. The smallest absolute Gasteiger partial charge is 0.338 e. The quantitative estimate of drug-likeness (QED) is 0.584. The number of amides is 2. The standard InChI is InChI=1S/C23H21N3O5S/c1-30-22(28)15-12-14(9-8-13(15)11-19-20(27)25-23(29)32-19)26-10-4-6-17(26)21-24-16-5-2-3-7-18(16)31-21/h2-3,5,7-9,12,17,19H,4,6,10-11H2,1H3,(H,25,27,29)/t17-,19?/m0/s1. The van der Waals surface area contributed by atoms with Gasteiger partial charge in [0.1, 0.15) is 11.6 Å². The molecule has 2 aromatic carbocycles. The molecule has 0 spiro atoms. The number of hydrogen-bond acceptors (Lipinski definition) is 8. The molecule has 1 unspecified atom stereocenters. The first-order valence-corrected chi connectivity index (χ1v) is 11.3. The average Bonchev–Trinajstić information content (AvgIpc) is 3.51. The van der Waals surface area contributed by atoms with Crippen LogP contribution in [0.5, 0.6) is 0 Å². The zero-order valence-electron chi connectivity index (χ0n) is 17.4. The molecule has 2 saturated heterocycles. The third-order valence-electron chi connectivity index (χ3n) is 5.85. The zero-order valence-corrected chi connectivity index (χ0v) is 18.2. The number of imide groups is 1. The number of aromatic nitrogens is 1. The van der Waals surface area contributed by atoms with E-state index in [1.54, 1.807) is 6.07 Å². The third kappa shape index (κ3) is 3.73. The van der Waals surface area contributed by atoms with Crippen LogP contribution in [0.2, 0.25) is 0 Å². The molecule has 2 fully saturated rings. The van der Waals surface area contributed by atoms with Gasteiger partial charge in [0.05, 0.1) is 17.9 Å². The van der Waals surface area contributed by atoms with Gasteiger partial charge >= 0.3 is 5.97 Å². The molecular weight excluding hydrogens is 430 g/mol. The first kappa shape index (κ1) is 20.6. The normalized spacial score (nSPS) is 20.7. The SMILES string of the molecule is COC(=O)c1cc(N2CCC[C@H]2c2nc3ccccc3o2)ccc1CC1SC(=O)NC1=O. The maximum absolute atomic E-state index is 12.5. The van der Waals surface area contributed by atoms with Crippen molar-refractivity contribution in [1.82, 2.24) is 10.3 Å². The zero-order chi connectivity index (χ0) is 22.2. The van der Waals surface area contributed by atoms with E-state index in [0.29, 0.717) is 17.0 Å². The molecule has 3 aromatic rings. The number of carbonyl (C=O) groups excluding carboxylic acids is 3. The Hall–Kier alpha value is -3.33. The number of thioether (sulfide) groups is 1. The Labute approximate surface area is 188 Å². The second-order valence-electron chi connectivity index (χ2n) is 7.79. The van der Waals surface area contributed by atoms with Gasteiger partial charge in [0.2, 0.25) is 11.8 Å². The van der Waals surface area contributed by atoms with E-state index in [2.05, 4.69) is 15.2 Å². The fraction of sp³-hybridized carbons (Fsp3) is 0.304. The van der Waals surface area contributed by atoms with Gasteiger partial charge < -0.3 is 14.1 Å². The Morgan fingerprint density at radius 1 is 1.28 bits per heavy atom. The van der Waals surface area contributed by atoms with Crippen molar-refractivity contribution in [3.8, 4) is 0 Å². The third-order valence-corrected chi connectivity index (χ3v) is 6.83. The van der Waals surface area contributed by atoms with Crippen molar-refractivity contribution in [2.24, 2.45) is 0 Å². The van der Waals surface area contributed by atoms with Crippen LogP contribution in [0, 0.1) is 0 Å².